The summed E-state index contributed by atoms with van der Waals surface area (Å²) in [6, 6.07) is 25.1. The first-order valence-electron chi connectivity index (χ1n) is 14.1. The Balaban J connectivity index is 1.34. The summed E-state index contributed by atoms with van der Waals surface area (Å²) in [7, 11) is 0. The minimum Gasteiger partial charge on any atom is -0.467 e. The Morgan fingerprint density at radius 2 is 1.58 bits per heavy atom. The van der Waals surface area contributed by atoms with Crippen molar-refractivity contribution in [3.8, 4) is 5.69 Å². The van der Waals surface area contributed by atoms with Crippen LogP contribution in [0.2, 0.25) is 0 Å². The maximum atomic E-state index is 13.9. The lowest BCUT2D eigenvalue weighted by Gasteiger charge is -2.36. The molecule has 1 N–H and O–H groups in total. The molecule has 5 aromatic rings. The Morgan fingerprint density at radius 3 is 2.28 bits per heavy atom. The van der Waals surface area contributed by atoms with E-state index in [1.165, 1.54) is 23.0 Å². The first kappa shape index (κ1) is 27.8. The molecule has 1 aliphatic heterocycles. The van der Waals surface area contributed by atoms with E-state index >= 15 is 0 Å². The van der Waals surface area contributed by atoms with Gasteiger partial charge in [-0.15, -0.1) is 0 Å². The van der Waals surface area contributed by atoms with E-state index in [1.807, 2.05) is 49.4 Å². The molecule has 3 heterocycles. The lowest BCUT2D eigenvalue weighted by atomic mass is 10.1. The fourth-order valence-corrected chi connectivity index (χ4v) is 5.35. The fourth-order valence-electron chi connectivity index (χ4n) is 5.35. The maximum Gasteiger partial charge on any atom is 0.336 e. The molecule has 0 spiro atoms. The summed E-state index contributed by atoms with van der Waals surface area (Å²) in [5, 5.41) is 3.01. The van der Waals surface area contributed by atoms with Gasteiger partial charge in [0.25, 0.3) is 11.5 Å². The van der Waals surface area contributed by atoms with Gasteiger partial charge in [-0.3, -0.25) is 19.0 Å². The number of piperazine rings is 1. The zero-order valence-electron chi connectivity index (χ0n) is 23.7. The summed E-state index contributed by atoms with van der Waals surface area (Å²) in [5.74, 6) is -0.0498. The van der Waals surface area contributed by atoms with Gasteiger partial charge in [0.2, 0.25) is 5.91 Å². The van der Waals surface area contributed by atoms with Crippen LogP contribution in [0.15, 0.2) is 105 Å². The van der Waals surface area contributed by atoms with E-state index in [9.17, 15) is 19.2 Å². The average Bonchev–Trinajstić information content (AvgIpc) is 3.57. The monoisotopic (exact) mass is 577 g/mol. The molecule has 0 aliphatic carbocycles. The van der Waals surface area contributed by atoms with Gasteiger partial charge in [0, 0.05) is 37.4 Å². The Labute approximate surface area is 247 Å². The quantitative estimate of drug-likeness (QED) is 0.318. The Hall–Kier alpha value is -5.38. The first-order valence-corrected chi connectivity index (χ1v) is 14.1. The Bertz CT molecular complexity index is 1890. The number of hydrogen-bond acceptors (Lipinski definition) is 6. The predicted molar refractivity (Wildman–Crippen MR) is 164 cm³/mol. The molecule has 218 valence electrons. The van der Waals surface area contributed by atoms with Crippen LogP contribution in [-0.4, -0.2) is 52.0 Å². The SMILES string of the molecule is Cc1ccc(-n2c(=O)c3ccc(C(=O)NCc4ccco4)cc3n(CC(=O)N3CCN(c4ccccc4)CC3)c2=O)cc1. The van der Waals surface area contributed by atoms with E-state index in [2.05, 4.69) is 10.2 Å². The van der Waals surface area contributed by atoms with Gasteiger partial charge in [0.1, 0.15) is 12.3 Å². The van der Waals surface area contributed by atoms with Crippen molar-refractivity contribution < 1.29 is 14.0 Å². The van der Waals surface area contributed by atoms with Crippen molar-refractivity contribution in [3.63, 3.8) is 0 Å². The normalized spacial score (nSPS) is 13.3. The van der Waals surface area contributed by atoms with Crippen LogP contribution < -0.4 is 21.5 Å². The number of hydrogen-bond donors (Lipinski definition) is 1. The van der Waals surface area contributed by atoms with Crippen LogP contribution in [0.25, 0.3) is 16.6 Å². The number of aromatic nitrogens is 2. The van der Waals surface area contributed by atoms with Crippen molar-refractivity contribution in [2.45, 2.75) is 20.0 Å². The molecular formula is C33H31N5O5. The molecular weight excluding hydrogens is 546 g/mol. The largest absolute Gasteiger partial charge is 0.467 e. The molecule has 0 unspecified atom stereocenters. The predicted octanol–water partition coefficient (Wildman–Crippen LogP) is 3.33. The van der Waals surface area contributed by atoms with Gasteiger partial charge < -0.3 is 19.5 Å². The van der Waals surface area contributed by atoms with Gasteiger partial charge in [-0.25, -0.2) is 9.36 Å². The van der Waals surface area contributed by atoms with Crippen molar-refractivity contribution in [2.24, 2.45) is 0 Å². The third kappa shape index (κ3) is 5.72. The molecule has 0 atom stereocenters. The highest BCUT2D eigenvalue weighted by Gasteiger charge is 2.24. The minimum absolute atomic E-state index is 0.180. The number of fused-ring (bicyclic) bond motifs is 1. The van der Waals surface area contributed by atoms with Gasteiger partial charge >= 0.3 is 5.69 Å². The smallest absolute Gasteiger partial charge is 0.336 e. The van der Waals surface area contributed by atoms with Crippen LogP contribution in [0.1, 0.15) is 21.7 Å². The van der Waals surface area contributed by atoms with Crippen LogP contribution in [0.4, 0.5) is 5.69 Å². The van der Waals surface area contributed by atoms with E-state index in [-0.39, 0.29) is 35.5 Å². The molecule has 1 aliphatic rings. The van der Waals surface area contributed by atoms with Gasteiger partial charge in [-0.05, 0) is 61.5 Å². The van der Waals surface area contributed by atoms with E-state index < -0.39 is 17.2 Å². The number of benzene rings is 3. The van der Waals surface area contributed by atoms with Crippen LogP contribution >= 0.6 is 0 Å². The van der Waals surface area contributed by atoms with Gasteiger partial charge in [0.15, 0.2) is 0 Å². The Kier molecular flexibility index (Phi) is 7.65. The highest BCUT2D eigenvalue weighted by molar-refractivity contribution is 5.98. The number of carbonyl (C=O) groups excluding carboxylic acids is 2. The molecule has 3 aromatic carbocycles. The number of anilines is 1. The summed E-state index contributed by atoms with van der Waals surface area (Å²) in [4.78, 5) is 58.1. The second-order valence-electron chi connectivity index (χ2n) is 10.5. The zero-order valence-corrected chi connectivity index (χ0v) is 23.7. The third-order valence-corrected chi connectivity index (χ3v) is 7.75. The molecule has 10 nitrogen and oxygen atoms in total. The van der Waals surface area contributed by atoms with E-state index in [0.29, 0.717) is 37.6 Å². The molecule has 1 saturated heterocycles. The van der Waals surface area contributed by atoms with E-state index in [0.717, 1.165) is 15.8 Å². The van der Waals surface area contributed by atoms with Crippen molar-refractivity contribution >= 4 is 28.4 Å². The molecule has 0 bridgehead atoms. The first-order chi connectivity index (χ1) is 20.9. The van der Waals surface area contributed by atoms with Gasteiger partial charge in [-0.1, -0.05) is 35.9 Å². The second kappa shape index (κ2) is 11.8. The summed E-state index contributed by atoms with van der Waals surface area (Å²) >= 11 is 0. The number of amides is 2. The minimum atomic E-state index is -0.647. The number of para-hydroxylation sites is 1. The maximum absolute atomic E-state index is 13.9. The summed E-state index contributed by atoms with van der Waals surface area (Å²) < 4.78 is 7.67. The van der Waals surface area contributed by atoms with Gasteiger partial charge in [-0.2, -0.15) is 0 Å². The number of nitrogens with zero attached hydrogens (tertiary/aromatic N) is 4. The number of nitrogens with one attached hydrogen (secondary N) is 1. The van der Waals surface area contributed by atoms with Crippen molar-refractivity contribution in [1.82, 2.24) is 19.4 Å². The average molecular weight is 578 g/mol. The standard InChI is InChI=1S/C33H31N5O5/c1-23-9-12-26(13-10-23)38-32(41)28-14-11-24(31(40)34-21-27-8-5-19-43-27)20-29(28)37(33(38)42)22-30(39)36-17-15-35(16-18-36)25-6-3-2-4-7-25/h2-14,19-20H,15-18,21-22H2,1H3,(H,34,40). The zero-order chi connectivity index (χ0) is 29.9. The van der Waals surface area contributed by atoms with Crippen LogP contribution in [0, 0.1) is 6.92 Å². The van der Waals surface area contributed by atoms with Crippen molar-refractivity contribution in [2.75, 3.05) is 31.1 Å². The number of carbonyl (C=O) groups is 2. The molecule has 1 fully saturated rings. The second-order valence-corrected chi connectivity index (χ2v) is 10.5. The lowest BCUT2D eigenvalue weighted by Crippen LogP contribution is -2.50. The van der Waals surface area contributed by atoms with Crippen molar-refractivity contribution in [1.29, 1.82) is 0 Å². The summed E-state index contributed by atoms with van der Waals surface area (Å²) in [6.45, 7) is 4.14. The summed E-state index contributed by atoms with van der Waals surface area (Å²) in [6.07, 6.45) is 1.52. The molecule has 2 aromatic heterocycles. The summed E-state index contributed by atoms with van der Waals surface area (Å²) in [5.41, 5.74) is 1.79. The molecule has 0 saturated carbocycles. The molecule has 6 rings (SSSR count). The molecule has 10 heteroatoms. The molecule has 43 heavy (non-hydrogen) atoms. The van der Waals surface area contributed by atoms with Crippen LogP contribution in [-0.2, 0) is 17.9 Å². The number of rotatable bonds is 7. The van der Waals surface area contributed by atoms with E-state index in [1.54, 1.807) is 35.2 Å². The van der Waals surface area contributed by atoms with Crippen molar-refractivity contribution in [3.05, 3.63) is 129 Å². The topological polar surface area (TPSA) is 110 Å². The lowest BCUT2D eigenvalue weighted by molar-refractivity contribution is -0.132. The number of aryl methyl sites for hydroxylation is 1. The Morgan fingerprint density at radius 1 is 0.837 bits per heavy atom. The van der Waals surface area contributed by atoms with Crippen LogP contribution in [0.5, 0.6) is 0 Å². The van der Waals surface area contributed by atoms with E-state index in [4.69, 9.17) is 4.42 Å². The highest BCUT2D eigenvalue weighted by Crippen LogP contribution is 2.18. The third-order valence-electron chi connectivity index (χ3n) is 7.75. The fraction of sp³-hybridized carbons (Fsp3) is 0.212. The highest BCUT2D eigenvalue weighted by atomic mass is 16.3. The molecule has 2 amide bonds. The number of furan rings is 1. The van der Waals surface area contributed by atoms with Gasteiger partial charge in [0.05, 0.1) is 29.4 Å². The molecule has 0 radical (unpaired) electrons. The van der Waals surface area contributed by atoms with Crippen LogP contribution in [0.3, 0.4) is 0 Å².